The summed E-state index contributed by atoms with van der Waals surface area (Å²) in [6, 6.07) is 7.66. The number of aromatic nitrogens is 2. The van der Waals surface area contributed by atoms with Gasteiger partial charge in [-0.3, -0.25) is 20.2 Å². The quantitative estimate of drug-likeness (QED) is 0.580. The van der Waals surface area contributed by atoms with Crippen molar-refractivity contribution in [3.8, 4) is 11.3 Å². The summed E-state index contributed by atoms with van der Waals surface area (Å²) in [7, 11) is 0. The minimum absolute atomic E-state index is 0.0155. The second kappa shape index (κ2) is 5.97. The Balaban J connectivity index is 1.79. The van der Waals surface area contributed by atoms with E-state index in [0.29, 0.717) is 22.1 Å². The molecule has 8 nitrogen and oxygen atoms in total. The molecule has 0 bridgehead atoms. The van der Waals surface area contributed by atoms with E-state index in [2.05, 4.69) is 15.5 Å². The van der Waals surface area contributed by atoms with Gasteiger partial charge in [-0.1, -0.05) is 17.3 Å². The summed E-state index contributed by atoms with van der Waals surface area (Å²) >= 11 is 1.21. The van der Waals surface area contributed by atoms with Crippen molar-refractivity contribution < 1.29 is 14.2 Å². The van der Waals surface area contributed by atoms with Crippen molar-refractivity contribution in [2.45, 2.75) is 6.92 Å². The van der Waals surface area contributed by atoms with E-state index in [1.165, 1.54) is 29.5 Å². The van der Waals surface area contributed by atoms with Crippen molar-refractivity contribution in [2.75, 3.05) is 5.32 Å². The number of non-ortho nitro benzene ring substituents is 1. The van der Waals surface area contributed by atoms with E-state index >= 15 is 0 Å². The highest BCUT2D eigenvalue weighted by Gasteiger charge is 2.15. The topological polar surface area (TPSA) is 111 Å². The Labute approximate surface area is 133 Å². The first-order chi connectivity index (χ1) is 11.0. The third kappa shape index (κ3) is 3.24. The Morgan fingerprint density at radius 3 is 2.91 bits per heavy atom. The van der Waals surface area contributed by atoms with Gasteiger partial charge in [0.25, 0.3) is 11.6 Å². The summed E-state index contributed by atoms with van der Waals surface area (Å²) in [5.74, 6) is -0.361. The first kappa shape index (κ1) is 14.9. The van der Waals surface area contributed by atoms with E-state index in [0.717, 1.165) is 0 Å². The molecule has 0 saturated heterocycles. The molecule has 1 N–H and O–H groups in total. The molecular formula is C14H10N4O4S. The Hall–Kier alpha value is -3.07. The summed E-state index contributed by atoms with van der Waals surface area (Å²) < 4.78 is 4.87. The monoisotopic (exact) mass is 330 g/mol. The molecule has 9 heteroatoms. The van der Waals surface area contributed by atoms with Crippen LogP contribution in [0.2, 0.25) is 0 Å². The molecule has 116 valence electrons. The van der Waals surface area contributed by atoms with E-state index in [-0.39, 0.29) is 11.4 Å². The van der Waals surface area contributed by atoms with E-state index in [9.17, 15) is 14.9 Å². The van der Waals surface area contributed by atoms with Gasteiger partial charge in [0.2, 0.25) is 5.76 Å². The number of amides is 1. The zero-order valence-electron chi connectivity index (χ0n) is 11.8. The van der Waals surface area contributed by atoms with Crippen molar-refractivity contribution in [3.63, 3.8) is 0 Å². The standard InChI is InChI=1S/C14H10N4O4S/c1-8-5-12(22-17-8)13(19)16-14-15-11(7-23-14)9-3-2-4-10(6-9)18(20)21/h2-7H,1H3,(H,15,16,19). The van der Waals surface area contributed by atoms with Gasteiger partial charge in [0.15, 0.2) is 5.13 Å². The van der Waals surface area contributed by atoms with Gasteiger partial charge >= 0.3 is 0 Å². The number of aryl methyl sites for hydroxylation is 1. The molecule has 0 spiro atoms. The largest absolute Gasteiger partial charge is 0.351 e. The second-order valence-electron chi connectivity index (χ2n) is 4.63. The summed E-state index contributed by atoms with van der Waals surface area (Å²) in [6.45, 7) is 1.71. The molecular weight excluding hydrogens is 320 g/mol. The van der Waals surface area contributed by atoms with Crippen LogP contribution in [0.15, 0.2) is 40.2 Å². The van der Waals surface area contributed by atoms with Gasteiger partial charge in [-0.2, -0.15) is 0 Å². The van der Waals surface area contributed by atoms with Gasteiger partial charge in [0.05, 0.1) is 16.3 Å². The average Bonchev–Trinajstić information content (AvgIpc) is 3.16. The van der Waals surface area contributed by atoms with Crippen molar-refractivity contribution in [1.29, 1.82) is 0 Å². The number of carbonyl (C=O) groups excluding carboxylic acids is 1. The lowest BCUT2D eigenvalue weighted by Crippen LogP contribution is -2.10. The number of nitrogens with zero attached hydrogens (tertiary/aromatic N) is 3. The number of nitro benzene ring substituents is 1. The third-order valence-corrected chi connectivity index (χ3v) is 3.69. The summed E-state index contributed by atoms with van der Waals surface area (Å²) in [6.07, 6.45) is 0. The maximum atomic E-state index is 11.9. The smallest absolute Gasteiger partial charge is 0.296 e. The predicted octanol–water partition coefficient (Wildman–Crippen LogP) is 3.27. The minimum atomic E-state index is -0.467. The number of benzene rings is 1. The molecule has 0 radical (unpaired) electrons. The molecule has 23 heavy (non-hydrogen) atoms. The highest BCUT2D eigenvalue weighted by molar-refractivity contribution is 7.14. The Morgan fingerprint density at radius 2 is 2.22 bits per heavy atom. The lowest BCUT2D eigenvalue weighted by atomic mass is 10.1. The van der Waals surface area contributed by atoms with Crippen LogP contribution in [-0.4, -0.2) is 21.0 Å². The maximum absolute atomic E-state index is 11.9. The van der Waals surface area contributed by atoms with E-state index in [4.69, 9.17) is 4.52 Å². The lowest BCUT2D eigenvalue weighted by Gasteiger charge is -1.98. The van der Waals surface area contributed by atoms with Crippen molar-refractivity contribution >= 4 is 28.1 Å². The van der Waals surface area contributed by atoms with Crippen LogP contribution in [-0.2, 0) is 0 Å². The maximum Gasteiger partial charge on any atom is 0.296 e. The summed E-state index contributed by atoms with van der Waals surface area (Å²) in [4.78, 5) is 26.5. The van der Waals surface area contributed by atoms with Crippen LogP contribution in [0.5, 0.6) is 0 Å². The van der Waals surface area contributed by atoms with Crippen molar-refractivity contribution in [3.05, 3.63) is 57.3 Å². The number of anilines is 1. The van der Waals surface area contributed by atoms with E-state index in [1.807, 2.05) is 0 Å². The molecule has 0 aliphatic heterocycles. The van der Waals surface area contributed by atoms with Crippen LogP contribution in [0.4, 0.5) is 10.8 Å². The van der Waals surface area contributed by atoms with E-state index in [1.54, 1.807) is 24.4 Å². The highest BCUT2D eigenvalue weighted by Crippen LogP contribution is 2.27. The molecule has 3 rings (SSSR count). The van der Waals surface area contributed by atoms with Crippen LogP contribution < -0.4 is 5.32 Å². The van der Waals surface area contributed by atoms with Crippen LogP contribution >= 0.6 is 11.3 Å². The second-order valence-corrected chi connectivity index (χ2v) is 5.49. The highest BCUT2D eigenvalue weighted by atomic mass is 32.1. The fourth-order valence-electron chi connectivity index (χ4n) is 1.87. The first-order valence-electron chi connectivity index (χ1n) is 6.48. The minimum Gasteiger partial charge on any atom is -0.351 e. The van der Waals surface area contributed by atoms with Crippen LogP contribution in [0.3, 0.4) is 0 Å². The zero-order valence-corrected chi connectivity index (χ0v) is 12.7. The van der Waals surface area contributed by atoms with Gasteiger partial charge in [-0.15, -0.1) is 11.3 Å². The number of carbonyl (C=O) groups is 1. The third-order valence-electron chi connectivity index (χ3n) is 2.93. The molecule has 0 aliphatic rings. The molecule has 0 aliphatic carbocycles. The predicted molar refractivity (Wildman–Crippen MR) is 83.4 cm³/mol. The summed E-state index contributed by atoms with van der Waals surface area (Å²) in [5.41, 5.74) is 1.74. The number of hydrogen-bond acceptors (Lipinski definition) is 7. The molecule has 2 heterocycles. The van der Waals surface area contributed by atoms with Crippen LogP contribution in [0.1, 0.15) is 16.2 Å². The number of nitro groups is 1. The fraction of sp³-hybridized carbons (Fsp3) is 0.0714. The average molecular weight is 330 g/mol. The molecule has 2 aromatic heterocycles. The Bertz CT molecular complexity index is 886. The first-order valence-corrected chi connectivity index (χ1v) is 7.36. The number of nitrogens with one attached hydrogen (secondary N) is 1. The normalized spacial score (nSPS) is 10.5. The van der Waals surface area contributed by atoms with Gasteiger partial charge in [0, 0.05) is 29.1 Å². The lowest BCUT2D eigenvalue weighted by molar-refractivity contribution is -0.384. The van der Waals surface area contributed by atoms with Gasteiger partial charge in [-0.05, 0) is 6.92 Å². The molecule has 0 saturated carbocycles. The Kier molecular flexibility index (Phi) is 3.85. The molecule has 3 aromatic rings. The molecule has 1 aromatic carbocycles. The fourth-order valence-corrected chi connectivity index (χ4v) is 2.59. The SMILES string of the molecule is Cc1cc(C(=O)Nc2nc(-c3cccc([N+](=O)[O-])c3)cs2)on1. The van der Waals surface area contributed by atoms with E-state index < -0.39 is 10.8 Å². The number of rotatable bonds is 4. The zero-order chi connectivity index (χ0) is 16.4. The molecule has 0 fully saturated rings. The van der Waals surface area contributed by atoms with Crippen LogP contribution in [0.25, 0.3) is 11.3 Å². The van der Waals surface area contributed by atoms with Crippen LogP contribution in [0, 0.1) is 17.0 Å². The molecule has 0 unspecified atom stereocenters. The molecule has 1 amide bonds. The van der Waals surface area contributed by atoms with Gasteiger partial charge in [-0.25, -0.2) is 4.98 Å². The van der Waals surface area contributed by atoms with Crippen molar-refractivity contribution in [1.82, 2.24) is 10.1 Å². The molecule has 0 atom stereocenters. The number of hydrogen-bond donors (Lipinski definition) is 1. The number of thiazole rings is 1. The Morgan fingerprint density at radius 1 is 1.39 bits per heavy atom. The van der Waals surface area contributed by atoms with Gasteiger partial charge in [0.1, 0.15) is 0 Å². The van der Waals surface area contributed by atoms with Gasteiger partial charge < -0.3 is 4.52 Å². The summed E-state index contributed by atoms with van der Waals surface area (Å²) in [5, 5.41) is 19.1. The van der Waals surface area contributed by atoms with Crippen molar-refractivity contribution in [2.24, 2.45) is 0 Å².